The maximum Gasteiger partial charge on any atom is 0.220 e. The Labute approximate surface area is 111 Å². The first-order chi connectivity index (χ1) is 8.66. The average Bonchev–Trinajstić information content (AvgIpc) is 2.35. The third-order valence-corrected chi connectivity index (χ3v) is 4.60. The van der Waals surface area contributed by atoms with Crippen LogP contribution in [0.15, 0.2) is 0 Å². The smallest absolute Gasteiger partial charge is 0.220 e. The molecule has 2 fully saturated rings. The predicted octanol–water partition coefficient (Wildman–Crippen LogP) is 2.74. The molecule has 0 bridgehead atoms. The van der Waals surface area contributed by atoms with E-state index in [0.717, 1.165) is 26.1 Å². The Morgan fingerprint density at radius 1 is 1.17 bits per heavy atom. The molecule has 2 aliphatic rings. The fourth-order valence-electron chi connectivity index (χ4n) is 3.44. The molecule has 1 N–H and O–H groups in total. The van der Waals surface area contributed by atoms with Gasteiger partial charge in [0.15, 0.2) is 0 Å². The molecule has 1 unspecified atom stereocenters. The van der Waals surface area contributed by atoms with E-state index in [0.29, 0.717) is 30.2 Å². The van der Waals surface area contributed by atoms with E-state index in [1.165, 1.54) is 19.3 Å². The minimum Gasteiger partial charge on any atom is -0.381 e. The summed E-state index contributed by atoms with van der Waals surface area (Å²) in [5.41, 5.74) is 0. The van der Waals surface area contributed by atoms with Gasteiger partial charge in [0.05, 0.1) is 0 Å². The molecule has 2 rings (SSSR count). The summed E-state index contributed by atoms with van der Waals surface area (Å²) in [6.07, 6.45) is 6.71. The lowest BCUT2D eigenvalue weighted by atomic mass is 9.78. The van der Waals surface area contributed by atoms with Crippen LogP contribution in [0.2, 0.25) is 0 Å². The molecule has 104 valence electrons. The lowest BCUT2D eigenvalue weighted by molar-refractivity contribution is -0.124. The fourth-order valence-corrected chi connectivity index (χ4v) is 3.44. The molecule has 0 aromatic carbocycles. The van der Waals surface area contributed by atoms with Gasteiger partial charge >= 0.3 is 0 Å². The van der Waals surface area contributed by atoms with Crippen molar-refractivity contribution in [1.82, 2.24) is 5.32 Å². The lowest BCUT2D eigenvalue weighted by Crippen LogP contribution is -2.46. The number of rotatable bonds is 3. The van der Waals surface area contributed by atoms with Gasteiger partial charge in [-0.25, -0.2) is 0 Å². The maximum atomic E-state index is 12.1. The van der Waals surface area contributed by atoms with Crippen molar-refractivity contribution < 1.29 is 9.53 Å². The molecule has 0 aromatic rings. The molecular weight excluding hydrogens is 226 g/mol. The molecule has 0 radical (unpaired) electrons. The normalized spacial score (nSPS) is 37.2. The highest BCUT2D eigenvalue weighted by molar-refractivity contribution is 5.76. The summed E-state index contributed by atoms with van der Waals surface area (Å²) in [6, 6.07) is 0.385. The van der Waals surface area contributed by atoms with Gasteiger partial charge in [0, 0.05) is 25.7 Å². The van der Waals surface area contributed by atoms with Crippen LogP contribution in [-0.4, -0.2) is 25.2 Å². The summed E-state index contributed by atoms with van der Waals surface area (Å²) in [4.78, 5) is 12.1. The molecule has 1 saturated heterocycles. The van der Waals surface area contributed by atoms with Crippen molar-refractivity contribution >= 4 is 5.91 Å². The molecule has 0 spiro atoms. The largest absolute Gasteiger partial charge is 0.381 e. The zero-order chi connectivity index (χ0) is 13.0. The quantitative estimate of drug-likeness (QED) is 0.840. The van der Waals surface area contributed by atoms with E-state index >= 15 is 0 Å². The summed E-state index contributed by atoms with van der Waals surface area (Å²) in [7, 11) is 0. The molecule has 1 amide bonds. The van der Waals surface area contributed by atoms with Crippen molar-refractivity contribution in [3.05, 3.63) is 0 Å². The van der Waals surface area contributed by atoms with E-state index in [1.807, 2.05) is 0 Å². The van der Waals surface area contributed by atoms with E-state index in [1.54, 1.807) is 0 Å². The molecule has 1 heterocycles. The van der Waals surface area contributed by atoms with Crippen molar-refractivity contribution in [2.75, 3.05) is 13.2 Å². The monoisotopic (exact) mass is 253 g/mol. The molecule has 0 aromatic heterocycles. The third-order valence-electron chi connectivity index (χ3n) is 4.60. The standard InChI is InChI=1S/C15H27NO2/c1-11-5-3-6-12(2)15(11)16-14(17)9-13-7-4-8-18-10-13/h11-13,15H,3-10H2,1-2H3,(H,16,17)/t11-,12+,13-,15?/m0/s1. The van der Waals surface area contributed by atoms with Gasteiger partial charge in [-0.15, -0.1) is 0 Å². The summed E-state index contributed by atoms with van der Waals surface area (Å²) in [5.74, 6) is 1.92. The van der Waals surface area contributed by atoms with E-state index in [-0.39, 0.29) is 5.91 Å². The van der Waals surface area contributed by atoms with Crippen LogP contribution < -0.4 is 5.32 Å². The van der Waals surface area contributed by atoms with E-state index in [9.17, 15) is 4.79 Å². The number of amides is 1. The second-order valence-electron chi connectivity index (χ2n) is 6.27. The SMILES string of the molecule is C[C@@H]1CCC[C@H](C)C1NC(=O)C[C@@H]1CCCOC1. The number of carbonyl (C=O) groups excluding carboxylic acids is 1. The Balaban J connectivity index is 1.78. The van der Waals surface area contributed by atoms with Crippen LogP contribution >= 0.6 is 0 Å². The van der Waals surface area contributed by atoms with Crippen LogP contribution in [-0.2, 0) is 9.53 Å². The topological polar surface area (TPSA) is 38.3 Å². The Kier molecular flexibility index (Phi) is 5.04. The molecule has 3 heteroatoms. The van der Waals surface area contributed by atoms with Gasteiger partial charge in [0.2, 0.25) is 5.91 Å². The van der Waals surface area contributed by atoms with Crippen LogP contribution in [0.4, 0.5) is 0 Å². The Hall–Kier alpha value is -0.570. The molecule has 4 atom stereocenters. The van der Waals surface area contributed by atoms with E-state index in [4.69, 9.17) is 4.74 Å². The van der Waals surface area contributed by atoms with Gasteiger partial charge in [-0.3, -0.25) is 4.79 Å². The number of carbonyl (C=O) groups is 1. The number of hydrogen-bond acceptors (Lipinski definition) is 2. The van der Waals surface area contributed by atoms with Crippen molar-refractivity contribution in [3.8, 4) is 0 Å². The van der Waals surface area contributed by atoms with E-state index in [2.05, 4.69) is 19.2 Å². The molecule has 1 saturated carbocycles. The molecule has 1 aliphatic carbocycles. The Morgan fingerprint density at radius 3 is 2.50 bits per heavy atom. The summed E-state index contributed by atoms with van der Waals surface area (Å²) in [6.45, 7) is 6.17. The Morgan fingerprint density at radius 2 is 1.89 bits per heavy atom. The van der Waals surface area contributed by atoms with Gasteiger partial charge < -0.3 is 10.1 Å². The first kappa shape index (κ1) is 13.9. The van der Waals surface area contributed by atoms with Gasteiger partial charge in [0.25, 0.3) is 0 Å². The van der Waals surface area contributed by atoms with Crippen molar-refractivity contribution in [3.63, 3.8) is 0 Å². The second-order valence-corrected chi connectivity index (χ2v) is 6.27. The van der Waals surface area contributed by atoms with E-state index < -0.39 is 0 Å². The molecular formula is C15H27NO2. The summed E-state index contributed by atoms with van der Waals surface area (Å²) < 4.78 is 5.44. The van der Waals surface area contributed by atoms with Gasteiger partial charge in [0.1, 0.15) is 0 Å². The number of ether oxygens (including phenoxy) is 1. The first-order valence-corrected chi connectivity index (χ1v) is 7.54. The fraction of sp³-hybridized carbons (Fsp3) is 0.933. The minimum atomic E-state index is 0.233. The van der Waals surface area contributed by atoms with Crippen LogP contribution in [0.25, 0.3) is 0 Å². The number of nitrogens with one attached hydrogen (secondary N) is 1. The third kappa shape index (κ3) is 3.71. The summed E-state index contributed by atoms with van der Waals surface area (Å²) in [5, 5.41) is 3.27. The van der Waals surface area contributed by atoms with Gasteiger partial charge in [-0.05, 0) is 43.4 Å². The second kappa shape index (κ2) is 6.55. The van der Waals surface area contributed by atoms with Gasteiger partial charge in [-0.2, -0.15) is 0 Å². The molecule has 3 nitrogen and oxygen atoms in total. The molecule has 1 aliphatic heterocycles. The Bertz CT molecular complexity index is 264. The van der Waals surface area contributed by atoms with Crippen LogP contribution in [0.5, 0.6) is 0 Å². The first-order valence-electron chi connectivity index (χ1n) is 7.54. The average molecular weight is 253 g/mol. The van der Waals surface area contributed by atoms with Crippen molar-refractivity contribution in [2.45, 2.75) is 58.4 Å². The number of hydrogen-bond donors (Lipinski definition) is 1. The summed E-state index contributed by atoms with van der Waals surface area (Å²) >= 11 is 0. The highest BCUT2D eigenvalue weighted by atomic mass is 16.5. The van der Waals surface area contributed by atoms with Gasteiger partial charge in [-0.1, -0.05) is 20.3 Å². The highest BCUT2D eigenvalue weighted by Crippen LogP contribution is 2.29. The van der Waals surface area contributed by atoms with Crippen molar-refractivity contribution in [2.24, 2.45) is 17.8 Å². The minimum absolute atomic E-state index is 0.233. The zero-order valence-electron chi connectivity index (χ0n) is 11.8. The predicted molar refractivity (Wildman–Crippen MR) is 72.3 cm³/mol. The molecule has 18 heavy (non-hydrogen) atoms. The maximum absolute atomic E-state index is 12.1. The van der Waals surface area contributed by atoms with Crippen LogP contribution in [0, 0.1) is 17.8 Å². The van der Waals surface area contributed by atoms with Crippen LogP contribution in [0.1, 0.15) is 52.4 Å². The van der Waals surface area contributed by atoms with Crippen LogP contribution in [0.3, 0.4) is 0 Å². The highest BCUT2D eigenvalue weighted by Gasteiger charge is 2.29. The zero-order valence-corrected chi connectivity index (χ0v) is 11.8. The van der Waals surface area contributed by atoms with Crippen molar-refractivity contribution in [1.29, 1.82) is 0 Å². The lowest BCUT2D eigenvalue weighted by Gasteiger charge is -2.35.